The smallest absolute Gasteiger partial charge is 0.336 e. The zero-order valence-corrected chi connectivity index (χ0v) is 13.4. The zero-order valence-electron chi connectivity index (χ0n) is 11.0. The Morgan fingerprint density at radius 3 is 2.50 bits per heavy atom. The van der Waals surface area contributed by atoms with Gasteiger partial charge in [0.05, 0.1) is 16.6 Å². The Balaban J connectivity index is 3.04. The van der Waals surface area contributed by atoms with Crippen molar-refractivity contribution in [3.05, 3.63) is 28.2 Å². The van der Waals surface area contributed by atoms with Crippen molar-refractivity contribution >= 4 is 31.9 Å². The van der Waals surface area contributed by atoms with Gasteiger partial charge in [-0.1, -0.05) is 0 Å². The van der Waals surface area contributed by atoms with Crippen LogP contribution in [0.1, 0.15) is 30.6 Å². The molecule has 0 saturated heterocycles. The highest BCUT2D eigenvalue weighted by Gasteiger charge is 2.20. The molecule has 0 aliphatic rings. The van der Waals surface area contributed by atoms with Crippen LogP contribution in [0.3, 0.4) is 0 Å². The third kappa shape index (κ3) is 4.55. The minimum atomic E-state index is -3.82. The van der Waals surface area contributed by atoms with Gasteiger partial charge in [-0.25, -0.2) is 17.9 Å². The van der Waals surface area contributed by atoms with E-state index in [2.05, 4.69) is 20.7 Å². The molecule has 6 nitrogen and oxygen atoms in total. The van der Waals surface area contributed by atoms with Crippen LogP contribution < -0.4 is 4.72 Å². The molecule has 112 valence electrons. The van der Waals surface area contributed by atoms with Crippen LogP contribution >= 0.6 is 15.9 Å². The van der Waals surface area contributed by atoms with Gasteiger partial charge in [0.15, 0.2) is 0 Å². The number of sulfonamides is 1. The SMILES string of the molecule is CC(O)CC(C)NS(=O)(=O)c1ccc(Br)c(C(=O)O)c1. The summed E-state index contributed by atoms with van der Waals surface area (Å²) in [5.74, 6) is -1.22. The normalized spacial score (nSPS) is 14.8. The standard InChI is InChI=1S/C12H16BrNO5S/c1-7(5-8(2)15)14-20(18,19)9-3-4-11(13)10(6-9)12(16)17/h3-4,6-8,14-15H,5H2,1-2H3,(H,16,17). The molecule has 20 heavy (non-hydrogen) atoms. The first-order valence-electron chi connectivity index (χ1n) is 5.86. The Morgan fingerprint density at radius 2 is 2.00 bits per heavy atom. The van der Waals surface area contributed by atoms with E-state index in [1.165, 1.54) is 12.1 Å². The van der Waals surface area contributed by atoms with Crippen LogP contribution in [0, 0.1) is 0 Å². The first-order chi connectivity index (χ1) is 9.13. The van der Waals surface area contributed by atoms with E-state index in [4.69, 9.17) is 5.11 Å². The molecule has 0 fully saturated rings. The van der Waals surface area contributed by atoms with E-state index >= 15 is 0 Å². The summed E-state index contributed by atoms with van der Waals surface area (Å²) < 4.78 is 26.9. The summed E-state index contributed by atoms with van der Waals surface area (Å²) in [7, 11) is -3.82. The molecule has 0 bridgehead atoms. The number of aromatic carboxylic acids is 1. The molecule has 0 heterocycles. The van der Waals surface area contributed by atoms with Crippen molar-refractivity contribution in [3.8, 4) is 0 Å². The number of hydrogen-bond donors (Lipinski definition) is 3. The number of rotatable bonds is 6. The zero-order chi connectivity index (χ0) is 15.5. The maximum absolute atomic E-state index is 12.1. The van der Waals surface area contributed by atoms with Crippen LogP contribution in [-0.4, -0.2) is 36.7 Å². The van der Waals surface area contributed by atoms with Crippen molar-refractivity contribution in [2.45, 2.75) is 37.3 Å². The number of carboxylic acids is 1. The molecule has 1 aromatic rings. The van der Waals surface area contributed by atoms with Crippen molar-refractivity contribution < 1.29 is 23.4 Å². The van der Waals surface area contributed by atoms with Gasteiger partial charge in [0.25, 0.3) is 0 Å². The van der Waals surface area contributed by atoms with E-state index in [0.717, 1.165) is 6.07 Å². The minimum Gasteiger partial charge on any atom is -0.478 e. The number of aliphatic hydroxyl groups is 1. The largest absolute Gasteiger partial charge is 0.478 e. The first kappa shape index (κ1) is 17.1. The van der Waals surface area contributed by atoms with Crippen molar-refractivity contribution in [3.63, 3.8) is 0 Å². The van der Waals surface area contributed by atoms with E-state index in [0.29, 0.717) is 4.47 Å². The highest BCUT2D eigenvalue weighted by Crippen LogP contribution is 2.21. The predicted octanol–water partition coefficient (Wildman–Crippen LogP) is 1.58. The van der Waals surface area contributed by atoms with Crippen molar-refractivity contribution in [1.82, 2.24) is 4.72 Å². The quantitative estimate of drug-likeness (QED) is 0.709. The molecule has 0 saturated carbocycles. The van der Waals surface area contributed by atoms with E-state index in [1.54, 1.807) is 13.8 Å². The van der Waals surface area contributed by atoms with Crippen LogP contribution in [0.15, 0.2) is 27.6 Å². The Labute approximate surface area is 126 Å². The lowest BCUT2D eigenvalue weighted by Gasteiger charge is -2.16. The number of hydrogen-bond acceptors (Lipinski definition) is 4. The number of benzene rings is 1. The minimum absolute atomic E-state index is 0.129. The molecule has 0 aromatic heterocycles. The highest BCUT2D eigenvalue weighted by atomic mass is 79.9. The topological polar surface area (TPSA) is 104 Å². The average molecular weight is 366 g/mol. The molecular weight excluding hydrogens is 350 g/mol. The molecule has 0 aliphatic carbocycles. The summed E-state index contributed by atoms with van der Waals surface area (Å²) in [5, 5.41) is 18.2. The van der Waals surface area contributed by atoms with Crippen LogP contribution in [-0.2, 0) is 10.0 Å². The summed E-state index contributed by atoms with van der Waals surface area (Å²) in [5.41, 5.74) is -0.129. The second kappa shape index (κ2) is 6.66. The van der Waals surface area contributed by atoms with Gasteiger partial charge < -0.3 is 10.2 Å². The van der Waals surface area contributed by atoms with Crippen molar-refractivity contribution in [2.24, 2.45) is 0 Å². The fraction of sp³-hybridized carbons (Fsp3) is 0.417. The van der Waals surface area contributed by atoms with Crippen LogP contribution in [0.5, 0.6) is 0 Å². The van der Waals surface area contributed by atoms with Crippen LogP contribution in [0.4, 0.5) is 0 Å². The van der Waals surface area contributed by atoms with Crippen molar-refractivity contribution in [2.75, 3.05) is 0 Å². The van der Waals surface area contributed by atoms with Crippen molar-refractivity contribution in [1.29, 1.82) is 0 Å². The Bertz CT molecular complexity index is 600. The van der Waals surface area contributed by atoms with Gasteiger partial charge in [-0.05, 0) is 54.4 Å². The second-order valence-electron chi connectivity index (χ2n) is 4.55. The molecule has 2 unspecified atom stereocenters. The van der Waals surface area contributed by atoms with E-state index in [-0.39, 0.29) is 16.9 Å². The maximum atomic E-state index is 12.1. The average Bonchev–Trinajstić information content (AvgIpc) is 2.26. The van der Waals surface area contributed by atoms with Gasteiger partial charge in [0.1, 0.15) is 0 Å². The molecule has 1 aromatic carbocycles. The molecule has 3 N–H and O–H groups in total. The molecule has 0 radical (unpaired) electrons. The molecule has 8 heteroatoms. The molecular formula is C12H16BrNO5S. The van der Waals surface area contributed by atoms with Crippen LogP contribution in [0.25, 0.3) is 0 Å². The molecule has 0 spiro atoms. The number of aliphatic hydroxyl groups excluding tert-OH is 1. The molecule has 0 aliphatic heterocycles. The summed E-state index contributed by atoms with van der Waals surface area (Å²) in [6, 6.07) is 3.31. The predicted molar refractivity (Wildman–Crippen MR) is 77.2 cm³/mol. The number of nitrogens with one attached hydrogen (secondary N) is 1. The summed E-state index contributed by atoms with van der Waals surface area (Å²) in [6.45, 7) is 3.19. The summed E-state index contributed by atoms with van der Waals surface area (Å²) in [6.07, 6.45) is -0.367. The molecule has 2 atom stereocenters. The Morgan fingerprint density at radius 1 is 1.40 bits per heavy atom. The Hall–Kier alpha value is -0.960. The lowest BCUT2D eigenvalue weighted by molar-refractivity contribution is 0.0695. The number of carboxylic acid groups (broad SMARTS) is 1. The third-order valence-electron chi connectivity index (χ3n) is 2.53. The summed E-state index contributed by atoms with van der Waals surface area (Å²) in [4.78, 5) is 10.9. The fourth-order valence-corrected chi connectivity index (χ4v) is 3.43. The number of carbonyl (C=O) groups is 1. The number of halogens is 1. The monoisotopic (exact) mass is 365 g/mol. The van der Waals surface area contributed by atoms with Gasteiger partial charge in [-0.3, -0.25) is 0 Å². The van der Waals surface area contributed by atoms with Gasteiger partial charge in [0.2, 0.25) is 10.0 Å². The van der Waals surface area contributed by atoms with Gasteiger partial charge in [-0.15, -0.1) is 0 Å². The first-order valence-corrected chi connectivity index (χ1v) is 8.14. The van der Waals surface area contributed by atoms with E-state index in [1.807, 2.05) is 0 Å². The van der Waals surface area contributed by atoms with Gasteiger partial charge >= 0.3 is 5.97 Å². The van der Waals surface area contributed by atoms with Gasteiger partial charge in [0, 0.05) is 10.5 Å². The Kier molecular flexibility index (Phi) is 5.69. The van der Waals surface area contributed by atoms with E-state index in [9.17, 15) is 18.3 Å². The molecule has 0 amide bonds. The lowest BCUT2D eigenvalue weighted by atomic mass is 10.2. The van der Waals surface area contributed by atoms with Gasteiger partial charge in [-0.2, -0.15) is 0 Å². The fourth-order valence-electron chi connectivity index (χ4n) is 1.73. The highest BCUT2D eigenvalue weighted by molar-refractivity contribution is 9.10. The summed E-state index contributed by atoms with van der Waals surface area (Å²) >= 11 is 3.05. The lowest BCUT2D eigenvalue weighted by Crippen LogP contribution is -2.34. The molecule has 1 rings (SSSR count). The second-order valence-corrected chi connectivity index (χ2v) is 7.12. The maximum Gasteiger partial charge on any atom is 0.336 e. The third-order valence-corrected chi connectivity index (χ3v) is 4.81. The van der Waals surface area contributed by atoms with E-state index < -0.39 is 28.1 Å². The van der Waals surface area contributed by atoms with Crippen LogP contribution in [0.2, 0.25) is 0 Å².